The maximum atomic E-state index is 13.2. The molecular formula is C22H22N4O2S. The number of anilines is 2. The number of fused-ring (bicyclic) bond motifs is 1. The molecule has 0 atom stereocenters. The van der Waals surface area contributed by atoms with E-state index in [0.717, 1.165) is 21.8 Å². The number of thiophene rings is 1. The molecule has 0 saturated carbocycles. The number of pyridine rings is 1. The fourth-order valence-electron chi connectivity index (χ4n) is 3.23. The van der Waals surface area contributed by atoms with Crippen molar-refractivity contribution in [2.24, 2.45) is 0 Å². The van der Waals surface area contributed by atoms with Crippen LogP contribution in [0, 0.1) is 20.8 Å². The van der Waals surface area contributed by atoms with Gasteiger partial charge >= 0.3 is 0 Å². The number of nitrogens with zero attached hydrogens (tertiary/aromatic N) is 3. The van der Waals surface area contributed by atoms with Crippen LogP contribution in [0.4, 0.5) is 11.4 Å². The quantitative estimate of drug-likeness (QED) is 0.505. The van der Waals surface area contributed by atoms with Crippen LogP contribution in [-0.2, 0) is 0 Å². The first-order chi connectivity index (χ1) is 13.8. The molecule has 7 heteroatoms. The molecule has 0 fully saturated rings. The predicted molar refractivity (Wildman–Crippen MR) is 118 cm³/mol. The van der Waals surface area contributed by atoms with E-state index in [-0.39, 0.29) is 5.91 Å². The molecule has 148 valence electrons. The van der Waals surface area contributed by atoms with Gasteiger partial charge in [0.1, 0.15) is 0 Å². The molecule has 1 aromatic carbocycles. The van der Waals surface area contributed by atoms with Crippen LogP contribution >= 0.6 is 11.3 Å². The Morgan fingerprint density at radius 3 is 2.55 bits per heavy atom. The lowest BCUT2D eigenvalue weighted by Crippen LogP contribution is -2.15. The summed E-state index contributed by atoms with van der Waals surface area (Å²) in [5, 5.41) is 7.69. The van der Waals surface area contributed by atoms with Crippen LogP contribution in [0.3, 0.4) is 0 Å². The van der Waals surface area contributed by atoms with Crippen molar-refractivity contribution in [3.8, 4) is 10.6 Å². The molecule has 0 saturated heterocycles. The SMILES string of the molecule is Cc1ccc(-c2cc(C(=O)Nc3ccc(N(C)C)cc3C)c3c(C)noc3n2)s1. The molecule has 0 aliphatic carbocycles. The third-order valence-corrected chi connectivity index (χ3v) is 5.85. The second-order valence-electron chi connectivity index (χ2n) is 7.26. The van der Waals surface area contributed by atoms with Crippen LogP contribution in [0.1, 0.15) is 26.5 Å². The number of amides is 1. The first-order valence-electron chi connectivity index (χ1n) is 9.26. The smallest absolute Gasteiger partial charge is 0.259 e. The lowest BCUT2D eigenvalue weighted by molar-refractivity contribution is 0.102. The first-order valence-corrected chi connectivity index (χ1v) is 10.1. The van der Waals surface area contributed by atoms with Gasteiger partial charge < -0.3 is 14.7 Å². The van der Waals surface area contributed by atoms with Gasteiger partial charge in [0.25, 0.3) is 11.6 Å². The number of rotatable bonds is 4. The van der Waals surface area contributed by atoms with Crippen molar-refractivity contribution < 1.29 is 9.32 Å². The summed E-state index contributed by atoms with van der Waals surface area (Å²) in [6, 6.07) is 11.8. The Kier molecular flexibility index (Phi) is 4.84. The molecule has 0 bridgehead atoms. The monoisotopic (exact) mass is 406 g/mol. The van der Waals surface area contributed by atoms with Crippen molar-refractivity contribution >= 4 is 39.7 Å². The van der Waals surface area contributed by atoms with E-state index in [1.807, 2.05) is 76.2 Å². The summed E-state index contributed by atoms with van der Waals surface area (Å²) in [5.74, 6) is -0.209. The number of hydrogen-bond acceptors (Lipinski definition) is 6. The summed E-state index contributed by atoms with van der Waals surface area (Å²) >= 11 is 1.63. The highest BCUT2D eigenvalue weighted by Gasteiger charge is 2.20. The Labute approximate surface area is 173 Å². The van der Waals surface area contributed by atoms with Gasteiger partial charge in [-0.2, -0.15) is 0 Å². The van der Waals surface area contributed by atoms with Gasteiger partial charge in [-0.1, -0.05) is 5.16 Å². The van der Waals surface area contributed by atoms with E-state index in [9.17, 15) is 4.79 Å². The molecular weight excluding hydrogens is 384 g/mol. The third kappa shape index (κ3) is 3.61. The number of carbonyl (C=O) groups excluding carboxylic acids is 1. The maximum Gasteiger partial charge on any atom is 0.259 e. The minimum Gasteiger partial charge on any atom is -0.378 e. The molecule has 1 N–H and O–H groups in total. The van der Waals surface area contributed by atoms with Gasteiger partial charge in [0.2, 0.25) is 0 Å². The van der Waals surface area contributed by atoms with E-state index in [1.54, 1.807) is 11.3 Å². The largest absolute Gasteiger partial charge is 0.378 e. The van der Waals surface area contributed by atoms with Crippen molar-refractivity contribution in [1.29, 1.82) is 0 Å². The second kappa shape index (κ2) is 7.33. The minimum absolute atomic E-state index is 0.209. The van der Waals surface area contributed by atoms with Crippen LogP contribution in [-0.4, -0.2) is 30.1 Å². The van der Waals surface area contributed by atoms with Crippen molar-refractivity contribution in [2.45, 2.75) is 20.8 Å². The van der Waals surface area contributed by atoms with E-state index in [1.165, 1.54) is 4.88 Å². The molecule has 0 spiro atoms. The molecule has 1 amide bonds. The number of benzene rings is 1. The zero-order valence-corrected chi connectivity index (χ0v) is 17.8. The Balaban J connectivity index is 1.76. The molecule has 0 aliphatic rings. The summed E-state index contributed by atoms with van der Waals surface area (Å²) in [6.45, 7) is 5.84. The summed E-state index contributed by atoms with van der Waals surface area (Å²) in [6.07, 6.45) is 0. The standard InChI is InChI=1S/C22H22N4O2S/c1-12-10-15(26(4)5)7-8-17(12)23-21(27)16-11-18(19-9-6-13(2)29-19)24-22-20(16)14(3)25-28-22/h6-11H,1-5H3,(H,23,27). The van der Waals surface area contributed by atoms with Gasteiger partial charge in [-0.25, -0.2) is 4.98 Å². The maximum absolute atomic E-state index is 13.2. The lowest BCUT2D eigenvalue weighted by atomic mass is 10.1. The predicted octanol–water partition coefficient (Wildman–Crippen LogP) is 5.19. The summed E-state index contributed by atoms with van der Waals surface area (Å²) in [7, 11) is 3.98. The highest BCUT2D eigenvalue weighted by atomic mass is 32.1. The normalized spacial score (nSPS) is 11.1. The molecule has 0 unspecified atom stereocenters. The minimum atomic E-state index is -0.209. The average molecular weight is 407 g/mol. The number of aromatic nitrogens is 2. The van der Waals surface area contributed by atoms with Gasteiger partial charge in [0.15, 0.2) is 0 Å². The van der Waals surface area contributed by atoms with E-state index in [2.05, 4.69) is 15.5 Å². The van der Waals surface area contributed by atoms with Gasteiger partial charge in [0, 0.05) is 30.3 Å². The van der Waals surface area contributed by atoms with E-state index >= 15 is 0 Å². The summed E-state index contributed by atoms with van der Waals surface area (Å²) < 4.78 is 5.38. The zero-order chi connectivity index (χ0) is 20.7. The number of hydrogen-bond donors (Lipinski definition) is 1. The molecule has 3 aromatic heterocycles. The van der Waals surface area contributed by atoms with Crippen LogP contribution < -0.4 is 10.2 Å². The Hall–Kier alpha value is -3.19. The zero-order valence-electron chi connectivity index (χ0n) is 17.0. The van der Waals surface area contributed by atoms with E-state index < -0.39 is 0 Å². The Morgan fingerprint density at radius 1 is 1.10 bits per heavy atom. The Morgan fingerprint density at radius 2 is 1.90 bits per heavy atom. The highest BCUT2D eigenvalue weighted by molar-refractivity contribution is 7.15. The number of nitrogens with one attached hydrogen (secondary N) is 1. The van der Waals surface area contributed by atoms with Crippen LogP contribution in [0.2, 0.25) is 0 Å². The molecule has 4 aromatic rings. The van der Waals surface area contributed by atoms with Crippen molar-refractivity contribution in [1.82, 2.24) is 10.1 Å². The van der Waals surface area contributed by atoms with Gasteiger partial charge in [0.05, 0.1) is 27.2 Å². The molecule has 3 heterocycles. The Bertz CT molecular complexity index is 1220. The highest BCUT2D eigenvalue weighted by Crippen LogP contribution is 2.31. The van der Waals surface area contributed by atoms with E-state index in [0.29, 0.717) is 28.1 Å². The van der Waals surface area contributed by atoms with Crippen molar-refractivity contribution in [3.05, 3.63) is 58.1 Å². The molecule has 6 nitrogen and oxygen atoms in total. The lowest BCUT2D eigenvalue weighted by Gasteiger charge is -2.16. The summed E-state index contributed by atoms with van der Waals surface area (Å²) in [4.78, 5) is 22.0. The molecule has 29 heavy (non-hydrogen) atoms. The summed E-state index contributed by atoms with van der Waals surface area (Å²) in [5.41, 5.74) is 5.07. The van der Waals surface area contributed by atoms with Crippen molar-refractivity contribution in [2.75, 3.05) is 24.3 Å². The topological polar surface area (TPSA) is 71.3 Å². The fourth-order valence-corrected chi connectivity index (χ4v) is 4.06. The van der Waals surface area contributed by atoms with Crippen LogP contribution in [0.5, 0.6) is 0 Å². The third-order valence-electron chi connectivity index (χ3n) is 4.83. The molecule has 0 radical (unpaired) electrons. The number of carbonyl (C=O) groups is 1. The average Bonchev–Trinajstić information content (AvgIpc) is 3.28. The molecule has 4 rings (SSSR count). The number of aryl methyl sites for hydroxylation is 3. The van der Waals surface area contributed by atoms with Crippen LogP contribution in [0.25, 0.3) is 21.7 Å². The van der Waals surface area contributed by atoms with Gasteiger partial charge in [-0.3, -0.25) is 4.79 Å². The van der Waals surface area contributed by atoms with Gasteiger partial charge in [-0.05, 0) is 62.7 Å². The molecule has 0 aliphatic heterocycles. The van der Waals surface area contributed by atoms with Crippen molar-refractivity contribution in [3.63, 3.8) is 0 Å². The first kappa shape index (κ1) is 19.1. The van der Waals surface area contributed by atoms with Crippen LogP contribution in [0.15, 0.2) is 40.9 Å². The van der Waals surface area contributed by atoms with E-state index in [4.69, 9.17) is 4.52 Å². The van der Waals surface area contributed by atoms with Gasteiger partial charge in [-0.15, -0.1) is 11.3 Å². The second-order valence-corrected chi connectivity index (χ2v) is 8.55. The fraction of sp³-hybridized carbons (Fsp3) is 0.227.